The number of H-pyrrole nitrogens is 1. The number of hydrogen-bond donors (Lipinski definition) is 2. The largest absolute Gasteiger partial charge is 0.357 e. The normalized spacial score (nSPS) is 17.1. The Bertz CT molecular complexity index is 885. The van der Waals surface area contributed by atoms with E-state index in [4.69, 9.17) is 0 Å². The number of nitro benzene ring substituents is 1. The first-order valence-electron chi connectivity index (χ1n) is 7.79. The van der Waals surface area contributed by atoms with E-state index < -0.39 is 0 Å². The average molecular weight is 307 g/mol. The third kappa shape index (κ3) is 2.39. The Hall–Kier alpha value is -2.66. The molecule has 0 saturated heterocycles. The molecule has 0 fully saturated rings. The van der Waals surface area contributed by atoms with Crippen molar-refractivity contribution in [3.05, 3.63) is 75.5 Å². The maximum Gasteiger partial charge on any atom is 0.272 e. The van der Waals surface area contributed by atoms with Crippen LogP contribution in [0.1, 0.15) is 22.9 Å². The summed E-state index contributed by atoms with van der Waals surface area (Å²) in [5.74, 6) is 0. The van der Waals surface area contributed by atoms with Crippen LogP contribution in [0.25, 0.3) is 10.9 Å². The van der Waals surface area contributed by atoms with Gasteiger partial charge in [0.15, 0.2) is 0 Å². The van der Waals surface area contributed by atoms with Crippen molar-refractivity contribution in [3.8, 4) is 0 Å². The minimum Gasteiger partial charge on any atom is -0.357 e. The molecule has 4 rings (SSSR count). The fourth-order valence-electron chi connectivity index (χ4n) is 3.52. The van der Waals surface area contributed by atoms with E-state index in [1.807, 2.05) is 18.2 Å². The Morgan fingerprint density at radius 2 is 1.91 bits per heavy atom. The summed E-state index contributed by atoms with van der Waals surface area (Å²) < 4.78 is 0. The van der Waals surface area contributed by atoms with Crippen molar-refractivity contribution in [2.24, 2.45) is 0 Å². The summed E-state index contributed by atoms with van der Waals surface area (Å²) in [5.41, 5.74) is 4.59. The van der Waals surface area contributed by atoms with Crippen LogP contribution in [-0.2, 0) is 12.8 Å². The van der Waals surface area contributed by atoms with E-state index in [0.717, 1.165) is 29.7 Å². The summed E-state index contributed by atoms with van der Waals surface area (Å²) >= 11 is 0. The van der Waals surface area contributed by atoms with Gasteiger partial charge in [0.25, 0.3) is 5.69 Å². The highest BCUT2D eigenvalue weighted by molar-refractivity contribution is 5.85. The number of para-hydroxylation sites is 2. The number of fused-ring (bicyclic) bond motifs is 3. The SMILES string of the molecule is O=[N+]([O-])c1ccccc1CC1NCCc2c1[nH]c1ccccc21. The molecule has 0 radical (unpaired) electrons. The third-order valence-electron chi connectivity index (χ3n) is 4.57. The second-order valence-corrected chi connectivity index (χ2v) is 5.91. The highest BCUT2D eigenvalue weighted by Crippen LogP contribution is 2.33. The second-order valence-electron chi connectivity index (χ2n) is 5.91. The third-order valence-corrected chi connectivity index (χ3v) is 4.57. The first kappa shape index (κ1) is 14.0. The molecule has 1 aromatic heterocycles. The van der Waals surface area contributed by atoms with Crippen molar-refractivity contribution in [3.63, 3.8) is 0 Å². The molecule has 2 heterocycles. The van der Waals surface area contributed by atoms with Crippen LogP contribution in [0, 0.1) is 10.1 Å². The predicted molar refractivity (Wildman–Crippen MR) is 89.5 cm³/mol. The summed E-state index contributed by atoms with van der Waals surface area (Å²) in [4.78, 5) is 14.4. The van der Waals surface area contributed by atoms with Gasteiger partial charge in [-0.3, -0.25) is 10.1 Å². The molecule has 0 aliphatic carbocycles. The van der Waals surface area contributed by atoms with Crippen LogP contribution < -0.4 is 5.32 Å². The molecule has 1 atom stereocenters. The lowest BCUT2D eigenvalue weighted by molar-refractivity contribution is -0.385. The van der Waals surface area contributed by atoms with Gasteiger partial charge < -0.3 is 10.3 Å². The monoisotopic (exact) mass is 307 g/mol. The summed E-state index contributed by atoms with van der Waals surface area (Å²) in [5, 5.41) is 16.0. The van der Waals surface area contributed by atoms with Crippen molar-refractivity contribution in [1.29, 1.82) is 0 Å². The van der Waals surface area contributed by atoms with Gasteiger partial charge in [0, 0.05) is 34.6 Å². The van der Waals surface area contributed by atoms with Gasteiger partial charge in [-0.25, -0.2) is 0 Å². The predicted octanol–water partition coefficient (Wildman–Crippen LogP) is 3.51. The van der Waals surface area contributed by atoms with E-state index in [-0.39, 0.29) is 16.7 Å². The number of benzene rings is 2. The van der Waals surface area contributed by atoms with Gasteiger partial charge in [-0.2, -0.15) is 0 Å². The van der Waals surface area contributed by atoms with Gasteiger partial charge in [-0.05, 0) is 24.6 Å². The Morgan fingerprint density at radius 1 is 1.13 bits per heavy atom. The van der Waals surface area contributed by atoms with Crippen LogP contribution in [0.3, 0.4) is 0 Å². The number of rotatable bonds is 3. The van der Waals surface area contributed by atoms with Crippen LogP contribution in [0.4, 0.5) is 5.69 Å². The molecule has 0 saturated carbocycles. The first-order chi connectivity index (χ1) is 11.2. The maximum absolute atomic E-state index is 11.2. The quantitative estimate of drug-likeness (QED) is 0.574. The van der Waals surface area contributed by atoms with Gasteiger partial charge in [0.1, 0.15) is 0 Å². The standard InChI is InChI=1S/C18H17N3O2/c22-21(23)17-8-4-1-5-12(17)11-16-18-14(9-10-19-16)13-6-2-3-7-15(13)20-18/h1-8,16,19-20H,9-11H2. The molecule has 23 heavy (non-hydrogen) atoms. The van der Waals surface area contributed by atoms with E-state index in [0.29, 0.717) is 6.42 Å². The first-order valence-corrected chi connectivity index (χ1v) is 7.79. The molecule has 0 spiro atoms. The number of nitro groups is 1. The lowest BCUT2D eigenvalue weighted by atomic mass is 9.94. The van der Waals surface area contributed by atoms with E-state index in [1.54, 1.807) is 12.1 Å². The van der Waals surface area contributed by atoms with Crippen LogP contribution >= 0.6 is 0 Å². The molecule has 0 amide bonds. The Balaban J connectivity index is 1.74. The number of aromatic amines is 1. The zero-order valence-electron chi connectivity index (χ0n) is 12.6. The van der Waals surface area contributed by atoms with Gasteiger partial charge in [0.05, 0.1) is 11.0 Å². The molecule has 5 nitrogen and oxygen atoms in total. The van der Waals surface area contributed by atoms with Crippen molar-refractivity contribution in [2.45, 2.75) is 18.9 Å². The topological polar surface area (TPSA) is 71.0 Å². The molecular formula is C18H17N3O2. The lowest BCUT2D eigenvalue weighted by Crippen LogP contribution is -2.31. The smallest absolute Gasteiger partial charge is 0.272 e. The Kier molecular flexibility index (Phi) is 3.35. The maximum atomic E-state index is 11.2. The molecule has 1 unspecified atom stereocenters. The molecule has 2 N–H and O–H groups in total. The van der Waals surface area contributed by atoms with Crippen LogP contribution in [0.15, 0.2) is 48.5 Å². The summed E-state index contributed by atoms with van der Waals surface area (Å²) in [6.07, 6.45) is 1.59. The van der Waals surface area contributed by atoms with E-state index in [9.17, 15) is 10.1 Å². The molecule has 3 aromatic rings. The molecule has 116 valence electrons. The van der Waals surface area contributed by atoms with Crippen LogP contribution in [-0.4, -0.2) is 16.5 Å². The lowest BCUT2D eigenvalue weighted by Gasteiger charge is -2.24. The summed E-state index contributed by atoms with van der Waals surface area (Å²) in [6.45, 7) is 0.889. The highest BCUT2D eigenvalue weighted by atomic mass is 16.6. The number of nitrogens with one attached hydrogen (secondary N) is 2. The van der Waals surface area contributed by atoms with Crippen LogP contribution in [0.5, 0.6) is 0 Å². The Labute approximate surface area is 133 Å². The fraction of sp³-hybridized carbons (Fsp3) is 0.222. The zero-order valence-corrected chi connectivity index (χ0v) is 12.6. The Morgan fingerprint density at radius 3 is 2.78 bits per heavy atom. The average Bonchev–Trinajstić information content (AvgIpc) is 2.95. The van der Waals surface area contributed by atoms with Crippen LogP contribution in [0.2, 0.25) is 0 Å². The minimum absolute atomic E-state index is 0.0762. The van der Waals surface area contributed by atoms with E-state index in [1.165, 1.54) is 10.9 Å². The number of hydrogen-bond acceptors (Lipinski definition) is 3. The molecule has 5 heteroatoms. The van der Waals surface area contributed by atoms with E-state index in [2.05, 4.69) is 28.5 Å². The van der Waals surface area contributed by atoms with Gasteiger partial charge >= 0.3 is 0 Å². The van der Waals surface area contributed by atoms with E-state index >= 15 is 0 Å². The molecule has 2 aromatic carbocycles. The molecule has 0 bridgehead atoms. The summed E-state index contributed by atoms with van der Waals surface area (Å²) in [6, 6.07) is 15.4. The summed E-state index contributed by atoms with van der Waals surface area (Å²) in [7, 11) is 0. The van der Waals surface area contributed by atoms with Gasteiger partial charge in [-0.15, -0.1) is 0 Å². The van der Waals surface area contributed by atoms with Crippen molar-refractivity contribution < 1.29 is 4.92 Å². The van der Waals surface area contributed by atoms with Crippen molar-refractivity contribution in [1.82, 2.24) is 10.3 Å². The molecule has 1 aliphatic rings. The highest BCUT2D eigenvalue weighted by Gasteiger charge is 2.26. The fourth-order valence-corrected chi connectivity index (χ4v) is 3.52. The minimum atomic E-state index is -0.301. The number of aromatic nitrogens is 1. The zero-order chi connectivity index (χ0) is 15.8. The van der Waals surface area contributed by atoms with Crippen molar-refractivity contribution in [2.75, 3.05) is 6.54 Å². The number of nitrogens with zero attached hydrogens (tertiary/aromatic N) is 1. The molecular weight excluding hydrogens is 290 g/mol. The van der Waals surface area contributed by atoms with Crippen molar-refractivity contribution >= 4 is 16.6 Å². The van der Waals surface area contributed by atoms with Gasteiger partial charge in [0.2, 0.25) is 0 Å². The van der Waals surface area contributed by atoms with Gasteiger partial charge in [-0.1, -0.05) is 36.4 Å². The second kappa shape index (κ2) is 5.52. The molecule has 1 aliphatic heterocycles.